The van der Waals surface area contributed by atoms with E-state index in [-0.39, 0.29) is 18.1 Å². The second-order valence-corrected chi connectivity index (χ2v) is 4.68. The Hall–Kier alpha value is -1.26. The first kappa shape index (κ1) is 14.8. The number of carbonyl (C=O) groups is 1. The molecule has 2 unspecified atom stereocenters. The van der Waals surface area contributed by atoms with E-state index in [1.165, 1.54) is 0 Å². The molecule has 1 aromatic rings. The molecule has 2 N–H and O–H groups in total. The Morgan fingerprint density at radius 3 is 2.44 bits per heavy atom. The molecule has 0 aliphatic rings. The number of urea groups is 1. The van der Waals surface area contributed by atoms with Gasteiger partial charge < -0.3 is 15.4 Å². The Morgan fingerprint density at radius 2 is 1.89 bits per heavy atom. The summed E-state index contributed by atoms with van der Waals surface area (Å²) < 4.78 is 4.95. The van der Waals surface area contributed by atoms with Gasteiger partial charge in [0.2, 0.25) is 0 Å². The molecule has 0 bridgehead atoms. The van der Waals surface area contributed by atoms with Gasteiger partial charge in [-0.15, -0.1) is 0 Å². The zero-order valence-electron chi connectivity index (χ0n) is 10.9. The van der Waals surface area contributed by atoms with Crippen LogP contribution in [0, 0.1) is 0 Å². The Morgan fingerprint density at radius 1 is 1.28 bits per heavy atom. The van der Waals surface area contributed by atoms with Crippen molar-refractivity contribution < 1.29 is 9.53 Å². The number of methoxy groups -OCH3 is 1. The highest BCUT2D eigenvalue weighted by Gasteiger charge is 2.11. The van der Waals surface area contributed by atoms with Crippen LogP contribution in [0.15, 0.2) is 24.3 Å². The first-order chi connectivity index (χ1) is 8.52. The average Bonchev–Trinajstić information content (AvgIpc) is 2.29. The van der Waals surface area contributed by atoms with Crippen LogP contribution >= 0.6 is 11.6 Å². The average molecular weight is 271 g/mol. The number of hydrogen-bond donors (Lipinski definition) is 2. The van der Waals surface area contributed by atoms with E-state index in [0.29, 0.717) is 11.6 Å². The third kappa shape index (κ3) is 4.94. The van der Waals surface area contributed by atoms with Crippen molar-refractivity contribution in [3.8, 4) is 0 Å². The fourth-order valence-corrected chi connectivity index (χ4v) is 1.71. The lowest BCUT2D eigenvalue weighted by atomic mass is 10.1. The maximum atomic E-state index is 11.7. The summed E-state index contributed by atoms with van der Waals surface area (Å²) in [5.74, 6) is 0. The molecule has 0 saturated carbocycles. The highest BCUT2D eigenvalue weighted by atomic mass is 35.5. The van der Waals surface area contributed by atoms with E-state index in [1.54, 1.807) is 19.2 Å². The maximum Gasteiger partial charge on any atom is 0.315 e. The summed E-state index contributed by atoms with van der Waals surface area (Å²) in [6.45, 7) is 4.29. The minimum Gasteiger partial charge on any atom is -0.383 e. The molecule has 1 aromatic carbocycles. The molecule has 18 heavy (non-hydrogen) atoms. The molecular weight excluding hydrogens is 252 g/mol. The zero-order chi connectivity index (χ0) is 13.5. The summed E-state index contributed by atoms with van der Waals surface area (Å²) in [6, 6.07) is 7.10. The largest absolute Gasteiger partial charge is 0.383 e. The van der Waals surface area contributed by atoms with Crippen molar-refractivity contribution in [2.75, 3.05) is 13.7 Å². The standard InChI is InChI=1S/C13H19ClN2O2/c1-9(8-18-3)15-13(17)16-10(2)11-4-6-12(14)7-5-11/h4-7,9-10H,8H2,1-3H3,(H2,15,16,17). The van der Waals surface area contributed by atoms with Gasteiger partial charge >= 0.3 is 6.03 Å². The fraction of sp³-hybridized carbons (Fsp3) is 0.462. The molecule has 0 aliphatic heterocycles. The van der Waals surface area contributed by atoms with E-state index < -0.39 is 0 Å². The van der Waals surface area contributed by atoms with Crippen LogP contribution in [0.3, 0.4) is 0 Å². The highest BCUT2D eigenvalue weighted by Crippen LogP contribution is 2.15. The predicted octanol–water partition coefficient (Wildman–Crippen LogP) is 2.74. The SMILES string of the molecule is COCC(C)NC(=O)NC(C)c1ccc(Cl)cc1. The molecule has 2 atom stereocenters. The van der Waals surface area contributed by atoms with Gasteiger partial charge in [-0.3, -0.25) is 0 Å². The molecule has 0 fully saturated rings. The van der Waals surface area contributed by atoms with Gasteiger partial charge in [-0.25, -0.2) is 4.79 Å². The van der Waals surface area contributed by atoms with Crippen molar-refractivity contribution in [2.45, 2.75) is 25.9 Å². The first-order valence-electron chi connectivity index (χ1n) is 5.84. The van der Waals surface area contributed by atoms with Gasteiger partial charge in [-0.2, -0.15) is 0 Å². The molecule has 0 aliphatic carbocycles. The lowest BCUT2D eigenvalue weighted by Gasteiger charge is -2.18. The van der Waals surface area contributed by atoms with Gasteiger partial charge in [-0.1, -0.05) is 23.7 Å². The van der Waals surface area contributed by atoms with Crippen LogP contribution in [0.2, 0.25) is 5.02 Å². The molecule has 0 aromatic heterocycles. The van der Waals surface area contributed by atoms with Gasteiger partial charge in [0.25, 0.3) is 0 Å². The Kier molecular flexibility index (Phi) is 5.95. The van der Waals surface area contributed by atoms with Crippen molar-refractivity contribution >= 4 is 17.6 Å². The van der Waals surface area contributed by atoms with E-state index in [0.717, 1.165) is 5.56 Å². The van der Waals surface area contributed by atoms with Gasteiger partial charge in [0.1, 0.15) is 0 Å². The number of hydrogen-bond acceptors (Lipinski definition) is 2. The molecule has 0 spiro atoms. The second kappa shape index (κ2) is 7.24. The third-order valence-corrected chi connectivity index (χ3v) is 2.76. The molecule has 100 valence electrons. The van der Waals surface area contributed by atoms with Crippen molar-refractivity contribution in [1.29, 1.82) is 0 Å². The van der Waals surface area contributed by atoms with Gasteiger partial charge in [-0.05, 0) is 31.5 Å². The monoisotopic (exact) mass is 270 g/mol. The van der Waals surface area contributed by atoms with Crippen LogP contribution in [-0.2, 0) is 4.74 Å². The van der Waals surface area contributed by atoms with Crippen LogP contribution in [-0.4, -0.2) is 25.8 Å². The summed E-state index contributed by atoms with van der Waals surface area (Å²) in [5.41, 5.74) is 1.01. The summed E-state index contributed by atoms with van der Waals surface area (Å²) in [6.07, 6.45) is 0. The normalized spacial score (nSPS) is 13.8. The van der Waals surface area contributed by atoms with Crippen LogP contribution in [0.1, 0.15) is 25.5 Å². The lowest BCUT2D eigenvalue weighted by molar-refractivity contribution is 0.170. The van der Waals surface area contributed by atoms with Crippen LogP contribution in [0.25, 0.3) is 0 Å². The summed E-state index contributed by atoms with van der Waals surface area (Å²) in [7, 11) is 1.60. The summed E-state index contributed by atoms with van der Waals surface area (Å²) >= 11 is 5.81. The topological polar surface area (TPSA) is 50.4 Å². The lowest BCUT2D eigenvalue weighted by Crippen LogP contribution is -2.43. The minimum atomic E-state index is -0.206. The van der Waals surface area contributed by atoms with E-state index in [2.05, 4.69) is 10.6 Å². The van der Waals surface area contributed by atoms with Crippen molar-refractivity contribution in [3.05, 3.63) is 34.9 Å². The van der Waals surface area contributed by atoms with Crippen LogP contribution in [0.5, 0.6) is 0 Å². The Balaban J connectivity index is 2.46. The molecule has 0 radical (unpaired) electrons. The van der Waals surface area contributed by atoms with Gasteiger partial charge in [0.05, 0.1) is 18.7 Å². The quantitative estimate of drug-likeness (QED) is 0.864. The fourth-order valence-electron chi connectivity index (χ4n) is 1.59. The van der Waals surface area contributed by atoms with E-state index in [4.69, 9.17) is 16.3 Å². The van der Waals surface area contributed by atoms with Crippen LogP contribution < -0.4 is 10.6 Å². The number of ether oxygens (including phenoxy) is 1. The number of rotatable bonds is 5. The number of halogens is 1. The maximum absolute atomic E-state index is 11.7. The molecule has 4 nitrogen and oxygen atoms in total. The van der Waals surface area contributed by atoms with Gasteiger partial charge in [0.15, 0.2) is 0 Å². The van der Waals surface area contributed by atoms with E-state index >= 15 is 0 Å². The number of carbonyl (C=O) groups excluding carboxylic acids is 1. The smallest absolute Gasteiger partial charge is 0.315 e. The molecule has 0 saturated heterocycles. The molecule has 2 amide bonds. The van der Waals surface area contributed by atoms with E-state index in [1.807, 2.05) is 26.0 Å². The number of amides is 2. The van der Waals surface area contributed by atoms with Crippen molar-refractivity contribution in [2.24, 2.45) is 0 Å². The van der Waals surface area contributed by atoms with E-state index in [9.17, 15) is 4.79 Å². The molecule has 5 heteroatoms. The highest BCUT2D eigenvalue weighted by molar-refractivity contribution is 6.30. The zero-order valence-corrected chi connectivity index (χ0v) is 11.6. The minimum absolute atomic E-state index is 0.0209. The third-order valence-electron chi connectivity index (χ3n) is 2.51. The molecule has 1 rings (SSSR count). The molecule has 0 heterocycles. The van der Waals surface area contributed by atoms with Crippen LogP contribution in [0.4, 0.5) is 4.79 Å². The first-order valence-corrected chi connectivity index (χ1v) is 6.22. The second-order valence-electron chi connectivity index (χ2n) is 4.25. The molecular formula is C13H19ClN2O2. The number of nitrogens with one attached hydrogen (secondary N) is 2. The van der Waals surface area contributed by atoms with Gasteiger partial charge in [0, 0.05) is 12.1 Å². The predicted molar refractivity (Wildman–Crippen MR) is 72.9 cm³/mol. The number of benzene rings is 1. The summed E-state index contributed by atoms with van der Waals surface area (Å²) in [5, 5.41) is 6.33. The summed E-state index contributed by atoms with van der Waals surface area (Å²) in [4.78, 5) is 11.7. The van der Waals surface area contributed by atoms with Crippen molar-refractivity contribution in [1.82, 2.24) is 10.6 Å². The van der Waals surface area contributed by atoms with Crippen molar-refractivity contribution in [3.63, 3.8) is 0 Å². The Labute approximate surface area is 113 Å². The Bertz CT molecular complexity index is 381.